The van der Waals surface area contributed by atoms with Crippen LogP contribution in [0.25, 0.3) is 44.5 Å². The maximum atomic E-state index is 5.96. The first-order valence-corrected chi connectivity index (χ1v) is 9.93. The van der Waals surface area contributed by atoms with Gasteiger partial charge in [0.15, 0.2) is 0 Å². The molecule has 0 unspecified atom stereocenters. The Kier molecular flexibility index (Phi) is 3.42. The van der Waals surface area contributed by atoms with Crippen LogP contribution >= 0.6 is 0 Å². The summed E-state index contributed by atoms with van der Waals surface area (Å²) in [6.45, 7) is 2.19. The van der Waals surface area contributed by atoms with Gasteiger partial charge in [-0.05, 0) is 71.6 Å². The number of fused-ring (bicyclic) bond motifs is 4. The zero-order valence-electron chi connectivity index (χ0n) is 16.4. The molecule has 3 aromatic heterocycles. The molecule has 1 aliphatic rings. The number of benzene rings is 3. The third-order valence-electron chi connectivity index (χ3n) is 6.04. The molecule has 0 amide bonds. The van der Waals surface area contributed by atoms with Gasteiger partial charge in [-0.3, -0.25) is 0 Å². The summed E-state index contributed by atoms with van der Waals surface area (Å²) in [6.07, 6.45) is 2.00. The molecule has 0 saturated carbocycles. The van der Waals surface area contributed by atoms with E-state index in [4.69, 9.17) is 13.6 Å². The zero-order valence-corrected chi connectivity index (χ0v) is 16.4. The molecule has 1 aliphatic heterocycles. The Morgan fingerprint density at radius 3 is 2.24 bits per heavy atom. The van der Waals surface area contributed by atoms with Crippen molar-refractivity contribution in [3.8, 4) is 39.1 Å². The molecular formula is C26H20O3. The van der Waals surface area contributed by atoms with Gasteiger partial charge in [0.2, 0.25) is 0 Å². The largest absolute Gasteiger partial charge is 0.496 e. The van der Waals surface area contributed by atoms with E-state index in [9.17, 15) is 0 Å². The second-order valence-corrected chi connectivity index (χ2v) is 7.71. The first kappa shape index (κ1) is 16.5. The molecule has 0 spiro atoms. The highest BCUT2D eigenvalue weighted by molar-refractivity contribution is 5.93. The molecule has 0 radical (unpaired) electrons. The number of ether oxygens (including phenoxy) is 1. The standard InChI is InChI=1S/C26H20O3/c1-15-20(22-13-17-7-9-25(22)28-17)11-16(19-5-3-4-6-24(19)27-2)12-21(15)23-14-18-8-10-26(23)29-18/h3-7,9,11-14H,8,10H2,1-2H3. The number of aryl methyl sites for hydroxylation is 2. The predicted octanol–water partition coefficient (Wildman–Crippen LogP) is 6.88. The monoisotopic (exact) mass is 380 g/mol. The molecule has 0 saturated heterocycles. The van der Waals surface area contributed by atoms with Crippen LogP contribution in [0.2, 0.25) is 0 Å². The van der Waals surface area contributed by atoms with Crippen molar-refractivity contribution < 1.29 is 13.6 Å². The van der Waals surface area contributed by atoms with Gasteiger partial charge in [-0.2, -0.15) is 0 Å². The van der Waals surface area contributed by atoms with Gasteiger partial charge in [0, 0.05) is 29.5 Å². The quantitative estimate of drug-likeness (QED) is 0.341. The van der Waals surface area contributed by atoms with Crippen LogP contribution in [-0.2, 0) is 12.8 Å². The van der Waals surface area contributed by atoms with Gasteiger partial charge in [-0.25, -0.2) is 0 Å². The SMILES string of the molecule is COc1ccccc1-c1cc(-c2cc3oc2CC3)c(C)c(-c2cc3ccc2o3)c1. The molecule has 29 heavy (non-hydrogen) atoms. The van der Waals surface area contributed by atoms with Crippen LogP contribution in [-0.4, -0.2) is 7.11 Å². The highest BCUT2D eigenvalue weighted by Crippen LogP contribution is 2.44. The molecule has 3 nitrogen and oxygen atoms in total. The van der Waals surface area contributed by atoms with Crippen molar-refractivity contribution in [1.82, 2.24) is 0 Å². The summed E-state index contributed by atoms with van der Waals surface area (Å²) in [5, 5.41) is 0. The lowest BCUT2D eigenvalue weighted by molar-refractivity contribution is 0.416. The summed E-state index contributed by atoms with van der Waals surface area (Å²) in [4.78, 5) is 0. The normalized spacial score (nSPS) is 12.9. The smallest absolute Gasteiger partial charge is 0.135 e. The van der Waals surface area contributed by atoms with E-state index in [1.807, 2.05) is 24.3 Å². The van der Waals surface area contributed by atoms with Crippen molar-refractivity contribution in [1.29, 1.82) is 0 Å². The molecule has 6 rings (SSSR count). The average Bonchev–Trinajstić information content (AvgIpc) is 3.55. The minimum absolute atomic E-state index is 0.869. The van der Waals surface area contributed by atoms with Crippen molar-refractivity contribution in [2.45, 2.75) is 19.8 Å². The second-order valence-electron chi connectivity index (χ2n) is 7.71. The Balaban J connectivity index is 1.64. The van der Waals surface area contributed by atoms with Crippen molar-refractivity contribution in [2.24, 2.45) is 0 Å². The van der Waals surface area contributed by atoms with E-state index in [0.29, 0.717) is 0 Å². The number of hydrogen-bond donors (Lipinski definition) is 0. The maximum absolute atomic E-state index is 5.96. The molecule has 4 bridgehead atoms. The average molecular weight is 380 g/mol. The van der Waals surface area contributed by atoms with Crippen LogP contribution in [0.3, 0.4) is 0 Å². The Morgan fingerprint density at radius 2 is 1.59 bits per heavy atom. The highest BCUT2D eigenvalue weighted by Gasteiger charge is 2.24. The van der Waals surface area contributed by atoms with E-state index in [1.165, 1.54) is 22.3 Å². The summed E-state index contributed by atoms with van der Waals surface area (Å²) in [5.74, 6) is 3.04. The predicted molar refractivity (Wildman–Crippen MR) is 115 cm³/mol. The topological polar surface area (TPSA) is 35.5 Å². The summed E-state index contributed by atoms with van der Waals surface area (Å²) >= 11 is 0. The van der Waals surface area contributed by atoms with Gasteiger partial charge < -0.3 is 13.6 Å². The van der Waals surface area contributed by atoms with Gasteiger partial charge in [0.1, 0.15) is 28.4 Å². The van der Waals surface area contributed by atoms with E-state index in [1.54, 1.807) is 7.11 Å². The van der Waals surface area contributed by atoms with Crippen molar-refractivity contribution >= 4 is 11.2 Å². The lowest BCUT2D eigenvalue weighted by Crippen LogP contribution is -1.95. The van der Waals surface area contributed by atoms with Gasteiger partial charge >= 0.3 is 0 Å². The third-order valence-corrected chi connectivity index (χ3v) is 6.04. The van der Waals surface area contributed by atoms with Crippen LogP contribution in [0.5, 0.6) is 5.75 Å². The van der Waals surface area contributed by atoms with Gasteiger partial charge in [-0.1, -0.05) is 18.2 Å². The Hall–Kier alpha value is -3.46. The highest BCUT2D eigenvalue weighted by atomic mass is 16.5. The third kappa shape index (κ3) is 2.44. The summed E-state index contributed by atoms with van der Waals surface area (Å²) in [7, 11) is 1.72. The minimum Gasteiger partial charge on any atom is -0.496 e. The fourth-order valence-electron chi connectivity index (χ4n) is 4.57. The lowest BCUT2D eigenvalue weighted by atomic mass is 9.87. The first-order valence-electron chi connectivity index (χ1n) is 9.93. The maximum Gasteiger partial charge on any atom is 0.135 e. The summed E-state index contributed by atoms with van der Waals surface area (Å²) in [5.41, 5.74) is 10.0. The number of methoxy groups -OCH3 is 1. The van der Waals surface area contributed by atoms with Crippen molar-refractivity contribution in [3.63, 3.8) is 0 Å². The summed E-state index contributed by atoms with van der Waals surface area (Å²) in [6, 6.07) is 21.1. The molecule has 142 valence electrons. The molecule has 0 atom stereocenters. The molecule has 3 heteroatoms. The number of hydrogen-bond acceptors (Lipinski definition) is 3. The van der Waals surface area contributed by atoms with E-state index >= 15 is 0 Å². The number of para-hydroxylation sites is 1. The summed E-state index contributed by atoms with van der Waals surface area (Å²) < 4.78 is 17.5. The number of rotatable bonds is 4. The van der Waals surface area contributed by atoms with Gasteiger partial charge in [-0.15, -0.1) is 0 Å². The van der Waals surface area contributed by atoms with E-state index in [-0.39, 0.29) is 0 Å². The van der Waals surface area contributed by atoms with Crippen LogP contribution in [0, 0.1) is 6.92 Å². The minimum atomic E-state index is 0.869. The zero-order chi connectivity index (χ0) is 19.5. The van der Waals surface area contributed by atoms with Crippen LogP contribution in [0.4, 0.5) is 0 Å². The fraction of sp³-hybridized carbons (Fsp3) is 0.154. The molecule has 0 fully saturated rings. The Labute approximate surface area is 168 Å². The molecule has 4 heterocycles. The first-order chi connectivity index (χ1) is 14.2. The lowest BCUT2D eigenvalue weighted by Gasteiger charge is -2.16. The fourth-order valence-corrected chi connectivity index (χ4v) is 4.57. The van der Waals surface area contributed by atoms with Gasteiger partial charge in [0.05, 0.1) is 7.11 Å². The van der Waals surface area contributed by atoms with E-state index in [0.717, 1.165) is 58.0 Å². The van der Waals surface area contributed by atoms with E-state index < -0.39 is 0 Å². The molecule has 0 N–H and O–H groups in total. The Bertz CT molecular complexity index is 1350. The van der Waals surface area contributed by atoms with Crippen molar-refractivity contribution in [3.05, 3.63) is 77.7 Å². The van der Waals surface area contributed by atoms with Crippen LogP contribution in [0.15, 0.2) is 69.5 Å². The van der Waals surface area contributed by atoms with E-state index in [2.05, 4.69) is 43.3 Å². The second kappa shape index (κ2) is 6.02. The van der Waals surface area contributed by atoms with Crippen molar-refractivity contribution in [2.75, 3.05) is 7.11 Å². The molecule has 5 aromatic rings. The molecule has 2 aromatic carbocycles. The number of furan rings is 3. The molecular weight excluding hydrogens is 360 g/mol. The molecule has 0 aliphatic carbocycles. The Morgan fingerprint density at radius 1 is 0.759 bits per heavy atom. The van der Waals surface area contributed by atoms with Gasteiger partial charge in [0.25, 0.3) is 0 Å². The van der Waals surface area contributed by atoms with Crippen LogP contribution < -0.4 is 4.74 Å². The van der Waals surface area contributed by atoms with Crippen LogP contribution in [0.1, 0.15) is 17.1 Å².